The number of para-hydroxylation sites is 1. The molecule has 0 atom stereocenters. The standard InChI is InChI=1S/C20H16N2O3S/c1-2-10-22-19(23)18(26-20(22)21-15-6-4-3-5-7-15)12-14-8-9-16-17(11-14)25-13-24-16/h2-9,11-12H,1,10,13H2/b18-12-,21-20?. The molecule has 6 heteroatoms. The number of carbonyl (C=O) groups excluding carboxylic acids is 1. The normalized spacial score (nSPS) is 18.8. The second-order valence-corrected chi connectivity index (χ2v) is 6.67. The molecule has 0 unspecified atom stereocenters. The van der Waals surface area contributed by atoms with Crippen LogP contribution in [0.1, 0.15) is 5.56 Å². The van der Waals surface area contributed by atoms with Crippen molar-refractivity contribution in [1.82, 2.24) is 4.90 Å². The molecule has 2 aromatic carbocycles. The number of benzene rings is 2. The summed E-state index contributed by atoms with van der Waals surface area (Å²) < 4.78 is 10.7. The molecule has 26 heavy (non-hydrogen) atoms. The first-order valence-electron chi connectivity index (χ1n) is 8.10. The lowest BCUT2D eigenvalue weighted by Crippen LogP contribution is -2.29. The maximum Gasteiger partial charge on any atom is 0.267 e. The molecule has 4 rings (SSSR count). The number of aliphatic imine (C=N–C) groups is 1. The largest absolute Gasteiger partial charge is 0.454 e. The van der Waals surface area contributed by atoms with Gasteiger partial charge in [0.2, 0.25) is 6.79 Å². The number of amidine groups is 1. The molecule has 0 N–H and O–H groups in total. The zero-order valence-corrected chi connectivity index (χ0v) is 14.7. The summed E-state index contributed by atoms with van der Waals surface area (Å²) in [6.07, 6.45) is 3.54. The fourth-order valence-corrected chi connectivity index (χ4v) is 3.66. The van der Waals surface area contributed by atoms with Crippen molar-refractivity contribution in [3.8, 4) is 11.5 Å². The molecule has 1 fully saturated rings. The van der Waals surface area contributed by atoms with Crippen LogP contribution in [0.5, 0.6) is 11.5 Å². The predicted octanol–water partition coefficient (Wildman–Crippen LogP) is 4.21. The number of fused-ring (bicyclic) bond motifs is 1. The number of thioether (sulfide) groups is 1. The Hall–Kier alpha value is -2.99. The first-order chi connectivity index (χ1) is 12.7. The summed E-state index contributed by atoms with van der Waals surface area (Å²) in [4.78, 5) is 19.6. The molecule has 1 saturated heterocycles. The lowest BCUT2D eigenvalue weighted by Gasteiger charge is -2.12. The molecule has 2 heterocycles. The highest BCUT2D eigenvalue weighted by Crippen LogP contribution is 2.37. The maximum atomic E-state index is 12.8. The van der Waals surface area contributed by atoms with Gasteiger partial charge in [0.1, 0.15) is 0 Å². The smallest absolute Gasteiger partial charge is 0.267 e. The summed E-state index contributed by atoms with van der Waals surface area (Å²) >= 11 is 1.36. The van der Waals surface area contributed by atoms with E-state index < -0.39 is 0 Å². The molecule has 2 aliphatic rings. The highest BCUT2D eigenvalue weighted by Gasteiger charge is 2.32. The van der Waals surface area contributed by atoms with Crippen molar-refractivity contribution >= 4 is 34.6 Å². The Morgan fingerprint density at radius 2 is 1.96 bits per heavy atom. The first kappa shape index (κ1) is 16.5. The predicted molar refractivity (Wildman–Crippen MR) is 104 cm³/mol. The van der Waals surface area contributed by atoms with Gasteiger partial charge in [0, 0.05) is 6.54 Å². The van der Waals surface area contributed by atoms with Crippen molar-refractivity contribution in [1.29, 1.82) is 0 Å². The first-order valence-corrected chi connectivity index (χ1v) is 8.92. The third-order valence-electron chi connectivity index (χ3n) is 3.88. The summed E-state index contributed by atoms with van der Waals surface area (Å²) in [6.45, 7) is 4.38. The van der Waals surface area contributed by atoms with Gasteiger partial charge in [-0.1, -0.05) is 30.3 Å². The van der Waals surface area contributed by atoms with Crippen molar-refractivity contribution in [3.05, 3.63) is 71.7 Å². The van der Waals surface area contributed by atoms with E-state index in [2.05, 4.69) is 11.6 Å². The molecule has 0 aromatic heterocycles. The summed E-state index contributed by atoms with van der Waals surface area (Å²) in [6, 6.07) is 15.2. The third kappa shape index (κ3) is 3.23. The van der Waals surface area contributed by atoms with E-state index in [1.807, 2.05) is 54.6 Å². The van der Waals surface area contributed by atoms with Crippen LogP contribution >= 0.6 is 11.8 Å². The number of nitrogens with zero attached hydrogens (tertiary/aromatic N) is 2. The zero-order valence-electron chi connectivity index (χ0n) is 13.9. The zero-order chi connectivity index (χ0) is 17.9. The highest BCUT2D eigenvalue weighted by molar-refractivity contribution is 8.18. The lowest BCUT2D eigenvalue weighted by atomic mass is 10.2. The van der Waals surface area contributed by atoms with Gasteiger partial charge in [-0.3, -0.25) is 9.69 Å². The van der Waals surface area contributed by atoms with Crippen LogP contribution < -0.4 is 9.47 Å². The summed E-state index contributed by atoms with van der Waals surface area (Å²) in [7, 11) is 0. The van der Waals surface area contributed by atoms with Crippen molar-refractivity contribution in [2.24, 2.45) is 4.99 Å². The van der Waals surface area contributed by atoms with Crippen LogP contribution in [0.15, 0.2) is 71.1 Å². The van der Waals surface area contributed by atoms with Crippen LogP contribution in [-0.2, 0) is 4.79 Å². The Kier molecular flexibility index (Phi) is 4.50. The van der Waals surface area contributed by atoms with Gasteiger partial charge in [0.25, 0.3) is 5.91 Å². The van der Waals surface area contributed by atoms with Crippen LogP contribution in [0, 0.1) is 0 Å². The summed E-state index contributed by atoms with van der Waals surface area (Å²) in [5, 5.41) is 0.646. The summed E-state index contributed by atoms with van der Waals surface area (Å²) in [5.74, 6) is 1.33. The van der Waals surface area contributed by atoms with Crippen LogP contribution in [0.2, 0.25) is 0 Å². The quantitative estimate of drug-likeness (QED) is 0.602. The van der Waals surface area contributed by atoms with Gasteiger partial charge >= 0.3 is 0 Å². The maximum absolute atomic E-state index is 12.8. The molecule has 0 spiro atoms. The average Bonchev–Trinajstić information content (AvgIpc) is 3.23. The topological polar surface area (TPSA) is 51.1 Å². The van der Waals surface area contributed by atoms with Crippen LogP contribution in [-0.4, -0.2) is 29.3 Å². The van der Waals surface area contributed by atoms with Crippen molar-refractivity contribution in [2.75, 3.05) is 13.3 Å². The van der Waals surface area contributed by atoms with Crippen molar-refractivity contribution in [3.63, 3.8) is 0 Å². The number of hydrogen-bond acceptors (Lipinski definition) is 5. The molecule has 0 saturated carbocycles. The van der Waals surface area contributed by atoms with E-state index in [1.165, 1.54) is 11.8 Å². The van der Waals surface area contributed by atoms with E-state index in [-0.39, 0.29) is 12.7 Å². The minimum atomic E-state index is -0.0813. The van der Waals surface area contributed by atoms with Gasteiger partial charge < -0.3 is 9.47 Å². The molecule has 0 radical (unpaired) electrons. The Morgan fingerprint density at radius 1 is 1.15 bits per heavy atom. The molecule has 5 nitrogen and oxygen atoms in total. The van der Waals surface area contributed by atoms with E-state index in [9.17, 15) is 4.79 Å². The van der Waals surface area contributed by atoms with Gasteiger partial charge in [0.05, 0.1) is 10.6 Å². The van der Waals surface area contributed by atoms with E-state index >= 15 is 0 Å². The molecule has 0 bridgehead atoms. The van der Waals surface area contributed by atoms with Gasteiger partial charge in [-0.2, -0.15) is 0 Å². The van der Waals surface area contributed by atoms with E-state index in [4.69, 9.17) is 9.47 Å². The number of hydrogen-bond donors (Lipinski definition) is 0. The van der Waals surface area contributed by atoms with E-state index in [0.29, 0.717) is 22.4 Å². The van der Waals surface area contributed by atoms with Crippen LogP contribution in [0.3, 0.4) is 0 Å². The Balaban J connectivity index is 1.66. The highest BCUT2D eigenvalue weighted by atomic mass is 32.2. The fourth-order valence-electron chi connectivity index (χ4n) is 2.65. The molecule has 0 aliphatic carbocycles. The van der Waals surface area contributed by atoms with Gasteiger partial charge in [-0.15, -0.1) is 6.58 Å². The Labute approximate surface area is 155 Å². The second-order valence-electron chi connectivity index (χ2n) is 5.66. The number of carbonyl (C=O) groups is 1. The van der Waals surface area contributed by atoms with Gasteiger partial charge in [-0.05, 0) is 47.7 Å². The Morgan fingerprint density at radius 3 is 2.77 bits per heavy atom. The minimum Gasteiger partial charge on any atom is -0.454 e. The van der Waals surface area contributed by atoms with E-state index in [0.717, 1.165) is 17.0 Å². The Bertz CT molecular complexity index is 922. The third-order valence-corrected chi connectivity index (χ3v) is 4.88. The van der Waals surface area contributed by atoms with Gasteiger partial charge in [-0.25, -0.2) is 4.99 Å². The fraction of sp³-hybridized carbons (Fsp3) is 0.100. The van der Waals surface area contributed by atoms with Crippen LogP contribution in [0.25, 0.3) is 6.08 Å². The molecule has 1 amide bonds. The second kappa shape index (κ2) is 7.09. The molecular weight excluding hydrogens is 348 g/mol. The molecular formula is C20H16N2O3S. The van der Waals surface area contributed by atoms with E-state index in [1.54, 1.807) is 11.0 Å². The molecule has 130 valence electrons. The molecule has 2 aromatic rings. The minimum absolute atomic E-state index is 0.0813. The lowest BCUT2D eigenvalue weighted by molar-refractivity contribution is -0.121. The SMILES string of the molecule is C=CCN1C(=O)/C(=C/c2ccc3c(c2)OCO3)SC1=Nc1ccccc1. The molecule has 2 aliphatic heterocycles. The average molecular weight is 364 g/mol. The monoisotopic (exact) mass is 364 g/mol. The summed E-state index contributed by atoms with van der Waals surface area (Å²) in [5.41, 5.74) is 1.69. The van der Waals surface area contributed by atoms with Crippen LogP contribution in [0.4, 0.5) is 5.69 Å². The number of rotatable bonds is 4. The number of amides is 1. The van der Waals surface area contributed by atoms with Crippen molar-refractivity contribution < 1.29 is 14.3 Å². The van der Waals surface area contributed by atoms with Gasteiger partial charge in [0.15, 0.2) is 16.7 Å². The number of ether oxygens (including phenoxy) is 2. The van der Waals surface area contributed by atoms with Crippen molar-refractivity contribution in [2.45, 2.75) is 0 Å².